The predicted molar refractivity (Wildman–Crippen MR) is 188 cm³/mol. The van der Waals surface area contributed by atoms with Gasteiger partial charge in [-0.05, 0) is 25.7 Å². The van der Waals surface area contributed by atoms with Crippen molar-refractivity contribution in [3.05, 3.63) is 78.6 Å². The Hall–Kier alpha value is -2.33. The van der Waals surface area contributed by atoms with Crippen molar-refractivity contribution in [3.8, 4) is 11.3 Å². The van der Waals surface area contributed by atoms with Crippen LogP contribution in [0.1, 0.15) is 67.2 Å². The van der Waals surface area contributed by atoms with Crippen LogP contribution in [0.3, 0.4) is 0 Å². The van der Waals surface area contributed by atoms with Gasteiger partial charge in [0.1, 0.15) is 5.76 Å². The molecule has 1 N–H and O–H groups in total. The van der Waals surface area contributed by atoms with E-state index in [2.05, 4.69) is 79.8 Å². The first-order valence-electron chi connectivity index (χ1n) is 15.7. The number of hydrogen-bond donors (Lipinski definition) is 1. The van der Waals surface area contributed by atoms with Gasteiger partial charge in [-0.25, -0.2) is 0 Å². The minimum absolute atomic E-state index is 0. The molecule has 3 heterocycles. The fourth-order valence-electron chi connectivity index (χ4n) is 6.12. The summed E-state index contributed by atoms with van der Waals surface area (Å²) in [7, 11) is -1.87. The van der Waals surface area contributed by atoms with E-state index < -0.39 is 8.07 Å². The van der Waals surface area contributed by atoms with Gasteiger partial charge in [0.25, 0.3) is 0 Å². The summed E-state index contributed by atoms with van der Waals surface area (Å²) in [6, 6.07) is 25.8. The largest absolute Gasteiger partial charge is 0 e. The molecule has 3 aromatic carbocycles. The summed E-state index contributed by atoms with van der Waals surface area (Å²) in [5.74, 6) is 0.286. The molecule has 3 nitrogen and oxygen atoms in total. The monoisotopic (exact) mass is 847 g/mol. The second kappa shape index (κ2) is 13.2. The molecule has 0 bridgehead atoms. The summed E-state index contributed by atoms with van der Waals surface area (Å²) in [6.45, 7) is 17.0. The molecule has 6 heteroatoms. The molecule has 1 radical (unpaired) electrons. The number of aliphatic hydroxyl groups excluding tert-OH is 1. The van der Waals surface area contributed by atoms with Crippen LogP contribution in [0, 0.1) is 16.9 Å². The molecule has 0 amide bonds. The molecule has 233 valence electrons. The van der Waals surface area contributed by atoms with Crippen LogP contribution in [0.5, 0.6) is 0 Å². The molecule has 44 heavy (non-hydrogen) atoms. The van der Waals surface area contributed by atoms with Crippen LogP contribution < -0.4 is 10.4 Å². The van der Waals surface area contributed by atoms with Crippen LogP contribution in [0.2, 0.25) is 13.1 Å². The number of carbonyl (C=O) groups is 1. The predicted octanol–water partition coefficient (Wildman–Crippen LogP) is 8.85. The molecule has 1 aliphatic rings. The Morgan fingerprint density at radius 1 is 0.886 bits per heavy atom. The van der Waals surface area contributed by atoms with Crippen molar-refractivity contribution in [1.82, 2.24) is 4.98 Å². The molecular weight excluding hydrogens is 802 g/mol. The molecule has 1 aliphatic heterocycles. The Morgan fingerprint density at radius 3 is 2.18 bits per heavy atom. The van der Waals surface area contributed by atoms with Gasteiger partial charge in [0.05, 0.1) is 0 Å². The number of hydrogen-bond acceptors (Lipinski definition) is 3. The van der Waals surface area contributed by atoms with E-state index in [1.807, 2.05) is 41.5 Å². The quantitative estimate of drug-likeness (QED) is 0.0772. The molecule has 0 fully saturated rings. The summed E-state index contributed by atoms with van der Waals surface area (Å²) in [5.41, 5.74) is 2.86. The van der Waals surface area contributed by atoms with Crippen molar-refractivity contribution >= 4 is 68.9 Å². The van der Waals surface area contributed by atoms with Gasteiger partial charge >= 0.3 is 159 Å². The van der Waals surface area contributed by atoms with E-state index in [4.69, 9.17) is 4.98 Å². The van der Waals surface area contributed by atoms with Crippen molar-refractivity contribution < 1.29 is 30.0 Å². The van der Waals surface area contributed by atoms with E-state index in [0.29, 0.717) is 14.5 Å². The molecule has 2 aromatic heterocycles. The number of fused-ring (bicyclic) bond motifs is 3. The van der Waals surface area contributed by atoms with Crippen LogP contribution in [0.25, 0.3) is 41.5 Å². The summed E-state index contributed by atoms with van der Waals surface area (Å²) < 4.78 is 3.02. The third kappa shape index (κ3) is 5.85. The average molecular weight is 846 g/mol. The number of aromatic nitrogens is 1. The smallest absolute Gasteiger partial charge is 0 e. The van der Waals surface area contributed by atoms with Gasteiger partial charge in [-0.1, -0.05) is 41.5 Å². The second-order valence-electron chi connectivity index (χ2n) is 13.0. The molecule has 0 spiro atoms. The third-order valence-corrected chi connectivity index (χ3v) is 16.2. The first-order chi connectivity index (χ1) is 20.4. The Labute approximate surface area is 283 Å². The zero-order valence-corrected chi connectivity index (χ0v) is 32.3. The van der Waals surface area contributed by atoms with Crippen LogP contribution in [-0.2, 0) is 24.9 Å². The standard InChI is InChI=1S/C23H16NSeSi.C15H28O2.Ir/c1-26(2)19-12-6-11-18-22(19)21-15(8-5-10-17(21)25-18)23-20(26)13-14-7-3-4-9-16(14)24-23;1-7-14(5,8-2)12(16)11-13(17)15(6,9-3)10-4;/h3-7,9-13H,1-2H3;11,16H,7-10H2,1-6H3;/q-1;;/b;12-11-;. The maximum absolute atomic E-state index is 12.2. The first-order valence-corrected chi connectivity index (χ1v) is 20.4. The fraction of sp³-hybridized carbons (Fsp3) is 0.368. The van der Waals surface area contributed by atoms with E-state index >= 15 is 0 Å². The van der Waals surface area contributed by atoms with Gasteiger partial charge in [0, 0.05) is 37.0 Å². The van der Waals surface area contributed by atoms with Gasteiger partial charge in [-0.2, -0.15) is 0 Å². The van der Waals surface area contributed by atoms with E-state index in [0.717, 1.165) is 36.9 Å². The van der Waals surface area contributed by atoms with Gasteiger partial charge in [0.2, 0.25) is 0 Å². The van der Waals surface area contributed by atoms with Gasteiger partial charge in [0.15, 0.2) is 5.78 Å². The Balaban J connectivity index is 0.000000218. The molecule has 0 aliphatic carbocycles. The van der Waals surface area contributed by atoms with E-state index in [9.17, 15) is 9.90 Å². The number of ketones is 1. The topological polar surface area (TPSA) is 50.2 Å². The van der Waals surface area contributed by atoms with Crippen molar-refractivity contribution in [2.45, 2.75) is 80.3 Å². The van der Waals surface area contributed by atoms with E-state index in [1.54, 1.807) is 5.19 Å². The number of allylic oxidation sites excluding steroid dienone is 2. The number of aliphatic hydroxyl groups is 1. The second-order valence-corrected chi connectivity index (χ2v) is 19.6. The number of para-hydroxylation sites is 1. The van der Waals surface area contributed by atoms with Crippen molar-refractivity contribution in [1.29, 1.82) is 0 Å². The van der Waals surface area contributed by atoms with Gasteiger partial charge < -0.3 is 5.11 Å². The number of benzene rings is 3. The molecule has 5 aromatic rings. The van der Waals surface area contributed by atoms with Crippen LogP contribution in [0.15, 0.2) is 72.5 Å². The van der Waals surface area contributed by atoms with Crippen molar-refractivity contribution in [2.24, 2.45) is 10.8 Å². The SMILES string of the molecule is CCC(C)(CC)C(=O)/C=C(\O)C(C)(CC)CC.C[Si]1(C)c2cc3ccccc3nc2-c2[c-]ccc3[se]c4cccc1c4c23.[Ir]. The summed E-state index contributed by atoms with van der Waals surface area (Å²) in [6.07, 6.45) is 4.75. The Kier molecular flexibility index (Phi) is 10.3. The maximum atomic E-state index is 12.2. The normalized spacial score (nSPS) is 14.1. The van der Waals surface area contributed by atoms with Gasteiger partial charge in [-0.3, -0.25) is 4.79 Å². The van der Waals surface area contributed by atoms with Crippen LogP contribution >= 0.6 is 0 Å². The van der Waals surface area contributed by atoms with Crippen LogP contribution in [0.4, 0.5) is 0 Å². The Morgan fingerprint density at radius 2 is 1.52 bits per heavy atom. The molecule has 0 unspecified atom stereocenters. The van der Waals surface area contributed by atoms with Crippen molar-refractivity contribution in [2.75, 3.05) is 0 Å². The number of pyridine rings is 1. The third-order valence-electron chi connectivity index (χ3n) is 10.4. The molecular formula is C38H44IrNO2SeSi-. The minimum Gasteiger partial charge on any atom is 0 e. The summed E-state index contributed by atoms with van der Waals surface area (Å²) in [5, 5.41) is 17.3. The van der Waals surface area contributed by atoms with E-state index in [-0.39, 0.29) is 42.5 Å². The van der Waals surface area contributed by atoms with Gasteiger partial charge in [-0.15, -0.1) is 0 Å². The molecule has 0 saturated heterocycles. The minimum atomic E-state index is -1.87. The summed E-state index contributed by atoms with van der Waals surface area (Å²) in [4.78, 5) is 17.4. The number of rotatable bonds is 7. The van der Waals surface area contributed by atoms with Crippen LogP contribution in [-0.4, -0.2) is 38.5 Å². The number of nitrogens with zero attached hydrogens (tertiary/aromatic N) is 1. The fourth-order valence-corrected chi connectivity index (χ4v) is 11.7. The first kappa shape index (κ1) is 34.5. The molecule has 0 atom stereocenters. The summed E-state index contributed by atoms with van der Waals surface area (Å²) >= 11 is 0.392. The molecule has 6 rings (SSSR count). The average Bonchev–Trinajstić information content (AvgIpc) is 3.39. The van der Waals surface area contributed by atoms with E-state index in [1.165, 1.54) is 41.5 Å². The molecule has 0 saturated carbocycles. The zero-order valence-electron chi connectivity index (χ0n) is 27.2. The van der Waals surface area contributed by atoms with Crippen molar-refractivity contribution in [3.63, 3.8) is 0 Å². The zero-order chi connectivity index (χ0) is 31.2. The number of carbonyl (C=O) groups excluding carboxylic acids is 1. The maximum Gasteiger partial charge on any atom is 0 e. The Bertz CT molecular complexity index is 1860.